The summed E-state index contributed by atoms with van der Waals surface area (Å²) in [7, 11) is 0. The molecule has 0 spiro atoms. The minimum absolute atomic E-state index is 0.411. The number of hydrogen-bond donors (Lipinski definition) is 1. The van der Waals surface area contributed by atoms with Gasteiger partial charge in [0.15, 0.2) is 0 Å². The van der Waals surface area contributed by atoms with Gasteiger partial charge in [0.25, 0.3) is 0 Å². The zero-order valence-electron chi connectivity index (χ0n) is 11.0. The van der Waals surface area contributed by atoms with Gasteiger partial charge in [0.2, 0.25) is 0 Å². The number of carbonyl (C=O) groups excluding carboxylic acids is 1. The highest BCUT2D eigenvalue weighted by Gasteiger charge is 2.19. The Kier molecular flexibility index (Phi) is 4.61. The van der Waals surface area contributed by atoms with E-state index in [-0.39, 0.29) is 0 Å². The fourth-order valence-corrected chi connectivity index (χ4v) is 2.18. The Morgan fingerprint density at radius 2 is 1.89 bits per heavy atom. The van der Waals surface area contributed by atoms with Crippen LogP contribution < -0.4 is 5.32 Å². The number of aromatic nitrogens is 1. The van der Waals surface area contributed by atoms with Crippen LogP contribution in [0.25, 0.3) is 0 Å². The second-order valence-electron chi connectivity index (χ2n) is 4.95. The lowest BCUT2D eigenvalue weighted by molar-refractivity contribution is 0.0635. The van der Waals surface area contributed by atoms with Crippen molar-refractivity contribution in [3.63, 3.8) is 0 Å². The zero-order valence-corrected chi connectivity index (χ0v) is 13.4. The predicted molar refractivity (Wildman–Crippen MR) is 76.3 cm³/mol. The lowest BCUT2D eigenvalue weighted by Gasteiger charge is -2.21. The van der Waals surface area contributed by atoms with Gasteiger partial charge in [0.05, 0.1) is 5.69 Å². The quantitative estimate of drug-likeness (QED) is 0.771. The molecule has 0 radical (unpaired) electrons. The number of hydrogen-bond acceptors (Lipinski definition) is 3. The van der Waals surface area contributed by atoms with E-state index in [2.05, 4.69) is 26.2 Å². The molecule has 0 aliphatic carbocycles. The van der Waals surface area contributed by atoms with Gasteiger partial charge in [-0.3, -0.25) is 5.32 Å². The van der Waals surface area contributed by atoms with Crippen LogP contribution in [0.15, 0.2) is 4.60 Å². The Hall–Kier alpha value is -0.810. The van der Waals surface area contributed by atoms with Crippen LogP contribution in [0.4, 0.5) is 10.5 Å². The van der Waals surface area contributed by atoms with Crippen LogP contribution in [0.2, 0.25) is 5.15 Å². The molecule has 1 N–H and O–H groups in total. The van der Waals surface area contributed by atoms with Gasteiger partial charge in [0, 0.05) is 0 Å². The minimum Gasteiger partial charge on any atom is -0.444 e. The maximum absolute atomic E-state index is 11.7. The van der Waals surface area contributed by atoms with Crippen molar-refractivity contribution in [3.05, 3.63) is 20.9 Å². The van der Waals surface area contributed by atoms with Crippen molar-refractivity contribution in [3.8, 4) is 0 Å². The Labute approximate surface area is 120 Å². The SMILES string of the molecule is Cc1c(Cl)nc(Br)c(NC(=O)OC(C)(C)C)c1C. The maximum Gasteiger partial charge on any atom is 0.412 e. The van der Waals surface area contributed by atoms with Crippen LogP contribution in [-0.4, -0.2) is 16.7 Å². The van der Waals surface area contributed by atoms with Crippen molar-refractivity contribution >= 4 is 39.3 Å². The van der Waals surface area contributed by atoms with Gasteiger partial charge >= 0.3 is 6.09 Å². The first kappa shape index (κ1) is 15.2. The summed E-state index contributed by atoms with van der Waals surface area (Å²) in [5.41, 5.74) is 1.71. The van der Waals surface area contributed by atoms with Crippen molar-refractivity contribution in [1.82, 2.24) is 4.98 Å². The topological polar surface area (TPSA) is 51.2 Å². The molecule has 0 saturated carbocycles. The summed E-state index contributed by atoms with van der Waals surface area (Å²) in [5, 5.41) is 3.09. The number of anilines is 1. The average Bonchev–Trinajstić information content (AvgIpc) is 2.19. The molecule has 100 valence electrons. The second kappa shape index (κ2) is 5.45. The third kappa shape index (κ3) is 3.85. The third-order valence-electron chi connectivity index (χ3n) is 2.28. The maximum atomic E-state index is 11.7. The summed E-state index contributed by atoms with van der Waals surface area (Å²) in [5.74, 6) is 0. The highest BCUT2D eigenvalue weighted by Crippen LogP contribution is 2.30. The van der Waals surface area contributed by atoms with Crippen LogP contribution in [0.1, 0.15) is 31.9 Å². The third-order valence-corrected chi connectivity index (χ3v) is 3.22. The Morgan fingerprint density at radius 3 is 2.39 bits per heavy atom. The van der Waals surface area contributed by atoms with Crippen LogP contribution >= 0.6 is 27.5 Å². The number of ether oxygens (including phenoxy) is 1. The van der Waals surface area contributed by atoms with E-state index in [1.165, 1.54) is 0 Å². The molecule has 1 rings (SSSR count). The molecule has 18 heavy (non-hydrogen) atoms. The zero-order chi connectivity index (χ0) is 14.1. The van der Waals surface area contributed by atoms with Crippen molar-refractivity contribution in [2.75, 3.05) is 5.32 Å². The number of rotatable bonds is 1. The van der Waals surface area contributed by atoms with Gasteiger partial charge in [-0.25, -0.2) is 9.78 Å². The fourth-order valence-electron chi connectivity index (χ4n) is 1.27. The van der Waals surface area contributed by atoms with Gasteiger partial charge in [-0.2, -0.15) is 0 Å². The molecular formula is C12H16BrClN2O2. The number of carbonyl (C=O) groups is 1. The molecule has 0 unspecified atom stereocenters. The lowest BCUT2D eigenvalue weighted by atomic mass is 10.1. The number of nitrogens with one attached hydrogen (secondary N) is 1. The lowest BCUT2D eigenvalue weighted by Crippen LogP contribution is -2.27. The molecular weight excluding hydrogens is 320 g/mol. The standard InChI is InChI=1S/C12H16BrClN2O2/c1-6-7(2)10(14)16-9(13)8(6)15-11(17)18-12(3,4)5/h1-5H3,(H,15,17). The summed E-state index contributed by atoms with van der Waals surface area (Å²) >= 11 is 9.22. The fraction of sp³-hybridized carbons (Fsp3) is 0.500. The van der Waals surface area contributed by atoms with Gasteiger partial charge in [-0.15, -0.1) is 0 Å². The summed E-state index contributed by atoms with van der Waals surface area (Å²) in [6, 6.07) is 0. The van der Waals surface area contributed by atoms with E-state index in [1.54, 1.807) is 20.8 Å². The summed E-state index contributed by atoms with van der Waals surface area (Å²) in [4.78, 5) is 15.8. The summed E-state index contributed by atoms with van der Waals surface area (Å²) in [6.07, 6.45) is -0.519. The number of halogens is 2. The molecule has 0 fully saturated rings. The Morgan fingerprint density at radius 1 is 1.33 bits per heavy atom. The van der Waals surface area contributed by atoms with E-state index in [9.17, 15) is 4.79 Å². The number of amides is 1. The van der Waals surface area contributed by atoms with Crippen molar-refractivity contribution in [2.24, 2.45) is 0 Å². The Bertz CT molecular complexity index is 484. The molecule has 0 aliphatic heterocycles. The first-order valence-corrected chi connectivity index (χ1v) is 6.61. The molecule has 4 nitrogen and oxygen atoms in total. The van der Waals surface area contributed by atoms with E-state index in [1.807, 2.05) is 13.8 Å². The average molecular weight is 336 g/mol. The van der Waals surface area contributed by atoms with E-state index in [0.29, 0.717) is 15.4 Å². The van der Waals surface area contributed by atoms with Crippen LogP contribution in [0, 0.1) is 13.8 Å². The molecule has 1 aromatic heterocycles. The smallest absolute Gasteiger partial charge is 0.412 e. The molecule has 0 saturated heterocycles. The van der Waals surface area contributed by atoms with Gasteiger partial charge < -0.3 is 4.74 Å². The van der Waals surface area contributed by atoms with Crippen LogP contribution in [0.3, 0.4) is 0 Å². The normalized spacial score (nSPS) is 11.3. The highest BCUT2D eigenvalue weighted by atomic mass is 79.9. The number of nitrogens with zero attached hydrogens (tertiary/aromatic N) is 1. The molecule has 1 heterocycles. The molecule has 1 amide bonds. The van der Waals surface area contributed by atoms with Crippen molar-refractivity contribution in [2.45, 2.75) is 40.2 Å². The van der Waals surface area contributed by atoms with Crippen molar-refractivity contribution < 1.29 is 9.53 Å². The van der Waals surface area contributed by atoms with Crippen molar-refractivity contribution in [1.29, 1.82) is 0 Å². The first-order valence-electron chi connectivity index (χ1n) is 5.44. The molecule has 0 atom stereocenters. The molecule has 0 aromatic carbocycles. The number of pyridine rings is 1. The minimum atomic E-state index is -0.542. The van der Waals surface area contributed by atoms with Gasteiger partial charge in [0.1, 0.15) is 15.4 Å². The van der Waals surface area contributed by atoms with E-state index in [4.69, 9.17) is 16.3 Å². The second-order valence-corrected chi connectivity index (χ2v) is 6.05. The molecule has 6 heteroatoms. The molecule has 1 aromatic rings. The largest absolute Gasteiger partial charge is 0.444 e. The summed E-state index contributed by atoms with van der Waals surface area (Å²) < 4.78 is 5.68. The summed E-state index contributed by atoms with van der Waals surface area (Å²) in [6.45, 7) is 9.12. The van der Waals surface area contributed by atoms with Crippen LogP contribution in [-0.2, 0) is 4.74 Å². The predicted octanol–water partition coefficient (Wildman–Crippen LogP) is 4.46. The van der Waals surface area contributed by atoms with Gasteiger partial charge in [-0.1, -0.05) is 11.6 Å². The van der Waals surface area contributed by atoms with Gasteiger partial charge in [-0.05, 0) is 61.7 Å². The monoisotopic (exact) mass is 334 g/mol. The van der Waals surface area contributed by atoms with E-state index in [0.717, 1.165) is 11.1 Å². The highest BCUT2D eigenvalue weighted by molar-refractivity contribution is 9.10. The van der Waals surface area contributed by atoms with Crippen LogP contribution in [0.5, 0.6) is 0 Å². The first-order chi connectivity index (χ1) is 8.11. The van der Waals surface area contributed by atoms with E-state index < -0.39 is 11.7 Å². The van der Waals surface area contributed by atoms with E-state index >= 15 is 0 Å². The Balaban J connectivity index is 2.99. The molecule has 0 aliphatic rings. The molecule has 0 bridgehead atoms.